The maximum Gasteiger partial charge on any atom is 0.319 e. The third-order valence-corrected chi connectivity index (χ3v) is 1.83. The lowest BCUT2D eigenvalue weighted by molar-refractivity contribution is -0.146. The molecule has 0 aliphatic heterocycles. The number of esters is 1. The Hall–Kier alpha value is -1.05. The molecular weight excluding hydrogens is 140 g/mol. The predicted molar refractivity (Wildman–Crippen MR) is 43.0 cm³/mol. The van der Waals surface area contributed by atoms with Gasteiger partial charge in [0.25, 0.3) is 0 Å². The highest BCUT2D eigenvalue weighted by Crippen LogP contribution is 2.25. The summed E-state index contributed by atoms with van der Waals surface area (Å²) in [7, 11) is 1.41. The van der Waals surface area contributed by atoms with Crippen LogP contribution in [0, 0.1) is 5.41 Å². The molecule has 0 aromatic rings. The van der Waals surface area contributed by atoms with Crippen LogP contribution in [0.5, 0.6) is 0 Å². The maximum atomic E-state index is 11.2. The minimum absolute atomic E-state index is 0.204. The Bertz CT molecular complexity index is 202. The van der Waals surface area contributed by atoms with Crippen LogP contribution in [-0.2, 0) is 9.53 Å². The van der Waals surface area contributed by atoms with Crippen LogP contribution in [0.25, 0.3) is 0 Å². The molecule has 0 bridgehead atoms. The second-order valence-corrected chi connectivity index (χ2v) is 2.81. The molecule has 60 valence electrons. The molecule has 0 fully saturated rings. The third kappa shape index (κ3) is 1.50. The smallest absolute Gasteiger partial charge is 0.319 e. The van der Waals surface area contributed by atoms with Crippen LogP contribution in [0.4, 0.5) is 0 Å². The Morgan fingerprint density at radius 3 is 2.45 bits per heavy atom. The first kappa shape index (κ1) is 8.05. The van der Waals surface area contributed by atoms with Gasteiger partial charge >= 0.3 is 5.97 Å². The van der Waals surface area contributed by atoms with Crippen molar-refractivity contribution in [2.45, 2.75) is 13.3 Å². The fraction of sp³-hybridized carbons (Fsp3) is 0.444. The largest absolute Gasteiger partial charge is 0.468 e. The van der Waals surface area contributed by atoms with E-state index < -0.39 is 5.41 Å². The Morgan fingerprint density at radius 2 is 2.00 bits per heavy atom. The van der Waals surface area contributed by atoms with Crippen molar-refractivity contribution in [3.05, 3.63) is 24.3 Å². The lowest BCUT2D eigenvalue weighted by atomic mass is 9.87. The van der Waals surface area contributed by atoms with Crippen LogP contribution >= 0.6 is 0 Å². The van der Waals surface area contributed by atoms with E-state index in [0.717, 1.165) is 6.42 Å². The molecule has 0 radical (unpaired) electrons. The van der Waals surface area contributed by atoms with Gasteiger partial charge in [0.15, 0.2) is 0 Å². The van der Waals surface area contributed by atoms with Crippen LogP contribution in [0.1, 0.15) is 13.3 Å². The normalized spacial score (nSPS) is 19.8. The molecule has 0 spiro atoms. The topological polar surface area (TPSA) is 26.3 Å². The molecule has 0 heterocycles. The van der Waals surface area contributed by atoms with Gasteiger partial charge in [-0.2, -0.15) is 0 Å². The molecule has 2 heteroatoms. The summed E-state index contributed by atoms with van der Waals surface area (Å²) < 4.78 is 4.65. The monoisotopic (exact) mass is 152 g/mol. The molecule has 2 nitrogen and oxygen atoms in total. The summed E-state index contributed by atoms with van der Waals surface area (Å²) in [5.74, 6) is -0.204. The zero-order valence-electron chi connectivity index (χ0n) is 6.83. The number of hydrogen-bond donors (Lipinski definition) is 0. The molecule has 0 unspecified atom stereocenters. The van der Waals surface area contributed by atoms with Crippen molar-refractivity contribution in [2.24, 2.45) is 5.41 Å². The van der Waals surface area contributed by atoms with E-state index in [9.17, 15) is 4.79 Å². The SMILES string of the molecule is COC(=O)C1(C)C=CCC=C1. The fourth-order valence-corrected chi connectivity index (χ4v) is 1.12. The second-order valence-electron chi connectivity index (χ2n) is 2.81. The number of carbonyl (C=O) groups is 1. The van der Waals surface area contributed by atoms with Crippen LogP contribution in [0.2, 0.25) is 0 Å². The molecule has 0 saturated carbocycles. The Kier molecular flexibility index (Phi) is 2.13. The van der Waals surface area contributed by atoms with Gasteiger partial charge < -0.3 is 4.74 Å². The molecule has 0 aromatic carbocycles. The molecule has 0 amide bonds. The van der Waals surface area contributed by atoms with E-state index in [-0.39, 0.29) is 5.97 Å². The van der Waals surface area contributed by atoms with E-state index in [1.165, 1.54) is 7.11 Å². The zero-order valence-corrected chi connectivity index (χ0v) is 6.83. The first-order valence-corrected chi connectivity index (χ1v) is 3.63. The first-order valence-electron chi connectivity index (χ1n) is 3.63. The van der Waals surface area contributed by atoms with E-state index in [1.807, 2.05) is 31.2 Å². The van der Waals surface area contributed by atoms with Crippen LogP contribution < -0.4 is 0 Å². The van der Waals surface area contributed by atoms with Gasteiger partial charge in [-0.3, -0.25) is 4.79 Å². The molecule has 1 rings (SSSR count). The molecule has 0 aromatic heterocycles. The number of allylic oxidation sites excluding steroid dienone is 2. The second kappa shape index (κ2) is 2.91. The molecular formula is C9H12O2. The molecule has 11 heavy (non-hydrogen) atoms. The van der Waals surface area contributed by atoms with Crippen LogP contribution in [-0.4, -0.2) is 13.1 Å². The van der Waals surface area contributed by atoms with Gasteiger partial charge in [0, 0.05) is 0 Å². The van der Waals surface area contributed by atoms with Gasteiger partial charge in [0.1, 0.15) is 5.41 Å². The van der Waals surface area contributed by atoms with Crippen molar-refractivity contribution >= 4 is 5.97 Å². The summed E-state index contributed by atoms with van der Waals surface area (Å²) in [6, 6.07) is 0. The molecule has 0 saturated heterocycles. The average molecular weight is 152 g/mol. The Balaban J connectivity index is 2.80. The van der Waals surface area contributed by atoms with Gasteiger partial charge in [-0.25, -0.2) is 0 Å². The van der Waals surface area contributed by atoms with E-state index in [0.29, 0.717) is 0 Å². The van der Waals surface area contributed by atoms with Crippen molar-refractivity contribution in [1.29, 1.82) is 0 Å². The van der Waals surface area contributed by atoms with E-state index in [2.05, 4.69) is 4.74 Å². The summed E-state index contributed by atoms with van der Waals surface area (Å²) >= 11 is 0. The minimum atomic E-state index is -0.535. The zero-order chi connectivity index (χ0) is 8.32. The van der Waals surface area contributed by atoms with Crippen molar-refractivity contribution in [3.63, 3.8) is 0 Å². The van der Waals surface area contributed by atoms with Crippen molar-refractivity contribution in [2.75, 3.05) is 7.11 Å². The van der Waals surface area contributed by atoms with E-state index in [4.69, 9.17) is 0 Å². The number of rotatable bonds is 1. The number of ether oxygens (including phenoxy) is 1. The average Bonchev–Trinajstić information content (AvgIpc) is 2.04. The van der Waals surface area contributed by atoms with E-state index in [1.54, 1.807) is 0 Å². The van der Waals surface area contributed by atoms with E-state index >= 15 is 0 Å². The van der Waals surface area contributed by atoms with Crippen molar-refractivity contribution in [3.8, 4) is 0 Å². The Morgan fingerprint density at radius 1 is 1.45 bits per heavy atom. The van der Waals surface area contributed by atoms with Gasteiger partial charge in [0.05, 0.1) is 7.11 Å². The van der Waals surface area contributed by atoms with Gasteiger partial charge in [-0.05, 0) is 13.3 Å². The molecule has 0 atom stereocenters. The number of carbonyl (C=O) groups excluding carboxylic acids is 1. The quantitative estimate of drug-likeness (QED) is 0.422. The third-order valence-electron chi connectivity index (χ3n) is 1.83. The maximum absolute atomic E-state index is 11.2. The fourth-order valence-electron chi connectivity index (χ4n) is 1.12. The van der Waals surface area contributed by atoms with Crippen molar-refractivity contribution < 1.29 is 9.53 Å². The van der Waals surface area contributed by atoms with Gasteiger partial charge in [-0.15, -0.1) is 0 Å². The summed E-state index contributed by atoms with van der Waals surface area (Å²) in [5, 5.41) is 0. The summed E-state index contributed by atoms with van der Waals surface area (Å²) in [4.78, 5) is 11.2. The summed E-state index contributed by atoms with van der Waals surface area (Å²) in [5.41, 5.74) is -0.535. The molecule has 1 aliphatic rings. The lowest BCUT2D eigenvalue weighted by Gasteiger charge is -2.20. The number of hydrogen-bond acceptors (Lipinski definition) is 2. The highest BCUT2D eigenvalue weighted by molar-refractivity contribution is 5.81. The van der Waals surface area contributed by atoms with Crippen LogP contribution in [0.15, 0.2) is 24.3 Å². The van der Waals surface area contributed by atoms with Crippen molar-refractivity contribution in [1.82, 2.24) is 0 Å². The molecule has 1 aliphatic carbocycles. The summed E-state index contributed by atoms with van der Waals surface area (Å²) in [6.07, 6.45) is 8.60. The Labute approximate surface area is 66.5 Å². The predicted octanol–water partition coefficient (Wildman–Crippen LogP) is 1.68. The lowest BCUT2D eigenvalue weighted by Crippen LogP contribution is -2.25. The standard InChI is InChI=1S/C9H12O2/c1-9(8(10)11-2)6-4-3-5-7-9/h4-7H,3H2,1-2H3. The van der Waals surface area contributed by atoms with Gasteiger partial charge in [0.2, 0.25) is 0 Å². The molecule has 0 N–H and O–H groups in total. The number of methoxy groups -OCH3 is 1. The highest BCUT2D eigenvalue weighted by Gasteiger charge is 2.28. The minimum Gasteiger partial charge on any atom is -0.468 e. The van der Waals surface area contributed by atoms with Gasteiger partial charge in [-0.1, -0.05) is 24.3 Å². The first-order chi connectivity index (χ1) is 5.19. The highest BCUT2D eigenvalue weighted by atomic mass is 16.5. The van der Waals surface area contributed by atoms with Crippen LogP contribution in [0.3, 0.4) is 0 Å². The summed E-state index contributed by atoms with van der Waals surface area (Å²) in [6.45, 7) is 1.84.